The number of terminal acetylenes is 1. The number of amides is 3. The Kier molecular flexibility index (Phi) is 5.16. The van der Waals surface area contributed by atoms with Crippen molar-refractivity contribution in [3.05, 3.63) is 12.2 Å². The van der Waals surface area contributed by atoms with E-state index >= 15 is 0 Å². The Balaban J connectivity index is 1.95. The number of rotatable bonds is 5. The first kappa shape index (κ1) is 16.7. The monoisotopic (exact) mass is 318 g/mol. The quantitative estimate of drug-likeness (QED) is 0.323. The molecule has 0 aromatic heterocycles. The molecule has 0 aromatic carbocycles. The van der Waals surface area contributed by atoms with Crippen molar-refractivity contribution < 1.29 is 23.9 Å². The zero-order valence-corrected chi connectivity index (χ0v) is 12.8. The van der Waals surface area contributed by atoms with Crippen LogP contribution in [0.3, 0.4) is 0 Å². The van der Waals surface area contributed by atoms with Crippen LogP contribution in [0.2, 0.25) is 0 Å². The van der Waals surface area contributed by atoms with Gasteiger partial charge in [-0.2, -0.15) is 0 Å². The highest BCUT2D eigenvalue weighted by atomic mass is 16.5. The first-order valence-electron chi connectivity index (χ1n) is 7.36. The molecule has 3 atom stereocenters. The SMILES string of the molecule is C#CCNC(=O)COC(=O)[C@H](C)N1C(=O)[C@H]2CC=CC[C@@H]2C1=O. The Morgan fingerprint density at radius 3 is 2.43 bits per heavy atom. The molecule has 0 unspecified atom stereocenters. The van der Waals surface area contributed by atoms with Crippen molar-refractivity contribution in [2.24, 2.45) is 11.8 Å². The van der Waals surface area contributed by atoms with Crippen LogP contribution in [0.5, 0.6) is 0 Å². The van der Waals surface area contributed by atoms with Crippen LogP contribution in [-0.4, -0.2) is 47.8 Å². The molecule has 1 saturated heterocycles. The molecule has 0 radical (unpaired) electrons. The Morgan fingerprint density at radius 1 is 1.35 bits per heavy atom. The molecule has 0 bridgehead atoms. The second-order valence-corrected chi connectivity index (χ2v) is 5.47. The van der Waals surface area contributed by atoms with Gasteiger partial charge in [-0.1, -0.05) is 18.1 Å². The molecule has 0 saturated carbocycles. The third-order valence-electron chi connectivity index (χ3n) is 4.00. The molecule has 7 nitrogen and oxygen atoms in total. The van der Waals surface area contributed by atoms with E-state index < -0.39 is 36.4 Å². The second-order valence-electron chi connectivity index (χ2n) is 5.47. The van der Waals surface area contributed by atoms with Crippen LogP contribution in [0.1, 0.15) is 19.8 Å². The van der Waals surface area contributed by atoms with Gasteiger partial charge in [0.05, 0.1) is 18.4 Å². The number of esters is 1. The number of hydrogen-bond donors (Lipinski definition) is 1. The van der Waals surface area contributed by atoms with E-state index in [0.29, 0.717) is 12.8 Å². The molecule has 1 fully saturated rings. The maximum atomic E-state index is 12.3. The lowest BCUT2D eigenvalue weighted by Gasteiger charge is -2.21. The lowest BCUT2D eigenvalue weighted by Crippen LogP contribution is -2.45. The lowest BCUT2D eigenvalue weighted by molar-refractivity contribution is -0.159. The van der Waals surface area contributed by atoms with Gasteiger partial charge in [0.2, 0.25) is 11.8 Å². The number of fused-ring (bicyclic) bond motifs is 1. The van der Waals surface area contributed by atoms with Gasteiger partial charge in [-0.3, -0.25) is 19.3 Å². The lowest BCUT2D eigenvalue weighted by atomic mass is 9.85. The number of carbonyl (C=O) groups is 4. The van der Waals surface area contributed by atoms with Crippen LogP contribution in [0.25, 0.3) is 0 Å². The van der Waals surface area contributed by atoms with E-state index in [4.69, 9.17) is 11.2 Å². The van der Waals surface area contributed by atoms with E-state index in [1.807, 2.05) is 12.2 Å². The predicted molar refractivity (Wildman–Crippen MR) is 79.5 cm³/mol. The molecular formula is C16H18N2O5. The van der Waals surface area contributed by atoms with Crippen LogP contribution < -0.4 is 5.32 Å². The number of imide groups is 1. The smallest absolute Gasteiger partial charge is 0.329 e. The van der Waals surface area contributed by atoms with E-state index in [1.54, 1.807) is 0 Å². The molecule has 0 spiro atoms. The Morgan fingerprint density at radius 2 is 1.91 bits per heavy atom. The molecule has 23 heavy (non-hydrogen) atoms. The van der Waals surface area contributed by atoms with Gasteiger partial charge in [-0.15, -0.1) is 6.42 Å². The minimum absolute atomic E-state index is 0.0331. The summed E-state index contributed by atoms with van der Waals surface area (Å²) in [6.07, 6.45) is 9.74. The number of nitrogens with zero attached hydrogens (tertiary/aromatic N) is 1. The number of carbonyl (C=O) groups excluding carboxylic acids is 4. The van der Waals surface area contributed by atoms with Gasteiger partial charge < -0.3 is 10.1 Å². The van der Waals surface area contributed by atoms with E-state index in [9.17, 15) is 19.2 Å². The molecule has 3 amide bonds. The van der Waals surface area contributed by atoms with Crippen molar-refractivity contribution in [1.29, 1.82) is 0 Å². The van der Waals surface area contributed by atoms with E-state index in [0.717, 1.165) is 4.90 Å². The van der Waals surface area contributed by atoms with Crippen LogP contribution in [0, 0.1) is 24.2 Å². The molecule has 1 heterocycles. The van der Waals surface area contributed by atoms with Crippen molar-refractivity contribution >= 4 is 23.7 Å². The van der Waals surface area contributed by atoms with E-state index in [1.165, 1.54) is 6.92 Å². The average Bonchev–Trinajstić information content (AvgIpc) is 2.81. The highest BCUT2D eigenvalue weighted by molar-refractivity contribution is 6.08. The molecule has 1 aliphatic heterocycles. The summed E-state index contributed by atoms with van der Waals surface area (Å²) in [6, 6.07) is -1.05. The summed E-state index contributed by atoms with van der Waals surface area (Å²) in [5, 5.41) is 2.35. The van der Waals surface area contributed by atoms with Gasteiger partial charge in [-0.25, -0.2) is 4.79 Å². The molecule has 122 valence electrons. The Labute approximate surface area is 134 Å². The van der Waals surface area contributed by atoms with Gasteiger partial charge in [0.15, 0.2) is 6.61 Å². The van der Waals surface area contributed by atoms with Crippen LogP contribution >= 0.6 is 0 Å². The number of ether oxygens (including phenoxy) is 1. The van der Waals surface area contributed by atoms with Gasteiger partial charge in [-0.05, 0) is 19.8 Å². The highest BCUT2D eigenvalue weighted by Crippen LogP contribution is 2.36. The summed E-state index contributed by atoms with van der Waals surface area (Å²) in [5.41, 5.74) is 0. The van der Waals surface area contributed by atoms with Crippen molar-refractivity contribution in [2.75, 3.05) is 13.2 Å². The minimum Gasteiger partial charge on any atom is -0.454 e. The summed E-state index contributed by atoms with van der Waals surface area (Å²) in [5.74, 6) is -0.635. The maximum Gasteiger partial charge on any atom is 0.329 e. The summed E-state index contributed by atoms with van der Waals surface area (Å²) in [4.78, 5) is 49.0. The average molecular weight is 318 g/mol. The number of allylic oxidation sites excluding steroid dienone is 2. The molecule has 0 aromatic rings. The van der Waals surface area contributed by atoms with E-state index in [2.05, 4.69) is 11.2 Å². The minimum atomic E-state index is -1.05. The fraction of sp³-hybridized carbons (Fsp3) is 0.500. The van der Waals surface area contributed by atoms with Gasteiger partial charge in [0, 0.05) is 0 Å². The van der Waals surface area contributed by atoms with Crippen LogP contribution in [0.15, 0.2) is 12.2 Å². The molecule has 2 aliphatic rings. The third-order valence-corrected chi connectivity index (χ3v) is 4.00. The van der Waals surface area contributed by atoms with Crippen molar-refractivity contribution in [2.45, 2.75) is 25.8 Å². The van der Waals surface area contributed by atoms with Crippen LogP contribution in [0.4, 0.5) is 0 Å². The van der Waals surface area contributed by atoms with Crippen molar-refractivity contribution in [3.63, 3.8) is 0 Å². The Bertz CT molecular complexity index is 578. The topological polar surface area (TPSA) is 92.8 Å². The first-order chi connectivity index (χ1) is 11.0. The Hall–Kier alpha value is -2.62. The first-order valence-corrected chi connectivity index (χ1v) is 7.36. The fourth-order valence-corrected chi connectivity index (χ4v) is 2.77. The summed E-state index contributed by atoms with van der Waals surface area (Å²) in [6.45, 7) is 0.948. The summed E-state index contributed by atoms with van der Waals surface area (Å²) in [7, 11) is 0. The molecule has 1 aliphatic carbocycles. The number of likely N-dealkylation sites (tertiary alicyclic amines) is 1. The predicted octanol–water partition coefficient (Wildman–Crippen LogP) is -0.381. The third kappa shape index (κ3) is 3.42. The van der Waals surface area contributed by atoms with Crippen LogP contribution in [-0.2, 0) is 23.9 Å². The van der Waals surface area contributed by atoms with E-state index in [-0.39, 0.29) is 18.4 Å². The summed E-state index contributed by atoms with van der Waals surface area (Å²) < 4.78 is 4.84. The van der Waals surface area contributed by atoms with Crippen molar-refractivity contribution in [3.8, 4) is 12.3 Å². The number of hydrogen-bond acceptors (Lipinski definition) is 5. The zero-order valence-electron chi connectivity index (χ0n) is 12.8. The number of nitrogens with one attached hydrogen (secondary N) is 1. The highest BCUT2D eigenvalue weighted by Gasteiger charge is 2.50. The fourth-order valence-electron chi connectivity index (χ4n) is 2.77. The molecular weight excluding hydrogens is 300 g/mol. The second kappa shape index (κ2) is 7.09. The van der Waals surface area contributed by atoms with Gasteiger partial charge in [0.1, 0.15) is 6.04 Å². The summed E-state index contributed by atoms with van der Waals surface area (Å²) >= 11 is 0. The normalized spacial score (nSPS) is 23.9. The zero-order chi connectivity index (χ0) is 17.0. The maximum absolute atomic E-state index is 12.3. The largest absolute Gasteiger partial charge is 0.454 e. The standard InChI is InChI=1S/C16H18N2O5/c1-3-8-17-13(19)9-23-16(22)10(2)18-14(20)11-6-4-5-7-12(11)15(18)21/h1,4-5,10-12H,6-9H2,2H3,(H,17,19)/t10-,11-,12-/m0/s1. The molecule has 2 rings (SSSR count). The molecule has 7 heteroatoms. The van der Waals surface area contributed by atoms with Gasteiger partial charge in [0.25, 0.3) is 5.91 Å². The van der Waals surface area contributed by atoms with Gasteiger partial charge >= 0.3 is 5.97 Å². The van der Waals surface area contributed by atoms with Crippen molar-refractivity contribution in [1.82, 2.24) is 10.2 Å². The molecule has 1 N–H and O–H groups in total.